The van der Waals surface area contributed by atoms with Crippen LogP contribution in [0.2, 0.25) is 0 Å². The Morgan fingerprint density at radius 1 is 1.06 bits per heavy atom. The molecule has 100 valence electrons. The van der Waals surface area contributed by atoms with Gasteiger partial charge in [0.15, 0.2) is 0 Å². The maximum atomic E-state index is 6.56. The van der Waals surface area contributed by atoms with Crippen LogP contribution < -0.4 is 5.73 Å². The molecule has 0 radical (unpaired) electrons. The van der Waals surface area contributed by atoms with Gasteiger partial charge in [0.25, 0.3) is 0 Å². The molecule has 1 saturated carbocycles. The molecule has 0 aromatic rings. The largest absolute Gasteiger partial charge is 0.324 e. The van der Waals surface area contributed by atoms with Crippen molar-refractivity contribution >= 4 is 11.8 Å². The summed E-state index contributed by atoms with van der Waals surface area (Å²) in [4.78, 5) is 2.62. The lowest BCUT2D eigenvalue weighted by atomic mass is 9.82. The van der Waals surface area contributed by atoms with Crippen LogP contribution in [0.1, 0.15) is 52.4 Å². The average Bonchev–Trinajstić information content (AvgIpc) is 2.41. The lowest BCUT2D eigenvalue weighted by molar-refractivity contribution is 0.177. The minimum absolute atomic E-state index is 0.122. The molecule has 2 N–H and O–H groups in total. The molecule has 0 aromatic carbocycles. The molecule has 0 spiro atoms. The number of nitrogens with zero attached hydrogens (tertiary/aromatic N) is 1. The highest BCUT2D eigenvalue weighted by atomic mass is 32.2. The van der Waals surface area contributed by atoms with Crippen LogP contribution in [0.5, 0.6) is 0 Å². The first kappa shape index (κ1) is 13.7. The molecule has 1 aliphatic carbocycles. The summed E-state index contributed by atoms with van der Waals surface area (Å²) in [7, 11) is 0. The second-order valence-corrected chi connectivity index (χ2v) is 8.36. The fourth-order valence-corrected chi connectivity index (χ4v) is 4.22. The van der Waals surface area contributed by atoms with E-state index in [2.05, 4.69) is 30.5 Å². The third-order valence-corrected chi connectivity index (χ3v) is 5.69. The third-order valence-electron chi connectivity index (χ3n) is 4.32. The van der Waals surface area contributed by atoms with Gasteiger partial charge >= 0.3 is 0 Å². The van der Waals surface area contributed by atoms with Gasteiger partial charge in [-0.1, -0.05) is 33.1 Å². The fraction of sp³-hybridized carbons (Fsp3) is 1.00. The SMILES string of the molecule is CC1(C)CCN(CC2(N)CCCCC2)CCS1. The van der Waals surface area contributed by atoms with E-state index in [1.54, 1.807) is 0 Å². The molecule has 0 bridgehead atoms. The van der Waals surface area contributed by atoms with Crippen LogP contribution in [0.3, 0.4) is 0 Å². The lowest BCUT2D eigenvalue weighted by Gasteiger charge is -2.38. The molecule has 2 nitrogen and oxygen atoms in total. The highest BCUT2D eigenvalue weighted by Crippen LogP contribution is 2.32. The van der Waals surface area contributed by atoms with Gasteiger partial charge in [-0.2, -0.15) is 11.8 Å². The van der Waals surface area contributed by atoms with Gasteiger partial charge in [0.1, 0.15) is 0 Å². The lowest BCUT2D eigenvalue weighted by Crippen LogP contribution is -2.51. The summed E-state index contributed by atoms with van der Waals surface area (Å²) in [6.07, 6.45) is 7.84. The third kappa shape index (κ3) is 4.15. The molecule has 2 fully saturated rings. The second-order valence-electron chi connectivity index (χ2n) is 6.56. The van der Waals surface area contributed by atoms with E-state index >= 15 is 0 Å². The number of nitrogens with two attached hydrogens (primary N) is 1. The van der Waals surface area contributed by atoms with Crippen LogP contribution in [-0.4, -0.2) is 40.6 Å². The smallest absolute Gasteiger partial charge is 0.0283 e. The van der Waals surface area contributed by atoms with Crippen molar-refractivity contribution in [1.29, 1.82) is 0 Å². The summed E-state index contributed by atoms with van der Waals surface area (Å²) in [5.74, 6) is 1.27. The summed E-state index contributed by atoms with van der Waals surface area (Å²) in [5.41, 5.74) is 6.68. The van der Waals surface area contributed by atoms with Crippen molar-refractivity contribution in [3.63, 3.8) is 0 Å². The van der Waals surface area contributed by atoms with Gasteiger partial charge in [0.2, 0.25) is 0 Å². The first-order valence-corrected chi connectivity index (χ1v) is 8.13. The second kappa shape index (κ2) is 5.50. The van der Waals surface area contributed by atoms with Crippen LogP contribution in [-0.2, 0) is 0 Å². The van der Waals surface area contributed by atoms with Gasteiger partial charge < -0.3 is 10.6 Å². The Balaban J connectivity index is 1.86. The molecule has 1 heterocycles. The van der Waals surface area contributed by atoms with Crippen molar-refractivity contribution in [3.05, 3.63) is 0 Å². The zero-order valence-electron chi connectivity index (χ0n) is 11.5. The van der Waals surface area contributed by atoms with E-state index < -0.39 is 0 Å². The average molecular weight is 256 g/mol. The normalized spacial score (nSPS) is 29.8. The van der Waals surface area contributed by atoms with Crippen LogP contribution in [0.4, 0.5) is 0 Å². The van der Waals surface area contributed by atoms with E-state index in [4.69, 9.17) is 5.73 Å². The van der Waals surface area contributed by atoms with Crippen molar-refractivity contribution in [3.8, 4) is 0 Å². The molecule has 0 unspecified atom stereocenters. The van der Waals surface area contributed by atoms with Gasteiger partial charge in [0, 0.05) is 29.1 Å². The predicted molar refractivity (Wildman–Crippen MR) is 77.6 cm³/mol. The summed E-state index contributed by atoms with van der Waals surface area (Å²) in [6, 6.07) is 0. The maximum absolute atomic E-state index is 6.56. The van der Waals surface area contributed by atoms with Crippen LogP contribution in [0, 0.1) is 0 Å². The molecule has 0 atom stereocenters. The van der Waals surface area contributed by atoms with Gasteiger partial charge in [-0.25, -0.2) is 0 Å². The molecule has 1 saturated heterocycles. The Morgan fingerprint density at radius 2 is 1.76 bits per heavy atom. The standard InChI is InChI=1S/C14H28N2S/c1-13(2)8-9-16(10-11-17-13)12-14(15)6-4-3-5-7-14/h3-12,15H2,1-2H3. The van der Waals surface area contributed by atoms with E-state index in [0.717, 1.165) is 6.54 Å². The number of rotatable bonds is 2. The molecule has 0 aromatic heterocycles. The quantitative estimate of drug-likeness (QED) is 0.824. The Morgan fingerprint density at radius 3 is 2.47 bits per heavy atom. The summed E-state index contributed by atoms with van der Waals surface area (Å²) in [6.45, 7) is 8.34. The molecule has 3 heteroatoms. The number of thioether (sulfide) groups is 1. The summed E-state index contributed by atoms with van der Waals surface area (Å²) >= 11 is 2.12. The monoisotopic (exact) mass is 256 g/mol. The van der Waals surface area contributed by atoms with Gasteiger partial charge in [-0.15, -0.1) is 0 Å². The summed E-state index contributed by atoms with van der Waals surface area (Å²) < 4.78 is 0.461. The zero-order valence-corrected chi connectivity index (χ0v) is 12.3. The highest BCUT2D eigenvalue weighted by Gasteiger charge is 2.31. The van der Waals surface area contributed by atoms with E-state index in [-0.39, 0.29) is 5.54 Å². The minimum atomic E-state index is 0.122. The maximum Gasteiger partial charge on any atom is 0.0283 e. The van der Waals surface area contributed by atoms with Crippen LogP contribution >= 0.6 is 11.8 Å². The van der Waals surface area contributed by atoms with E-state index in [1.165, 1.54) is 57.4 Å². The van der Waals surface area contributed by atoms with Crippen molar-refractivity contribution in [2.45, 2.75) is 62.7 Å². The molecule has 1 aliphatic heterocycles. The van der Waals surface area contributed by atoms with Gasteiger partial charge in [-0.05, 0) is 25.8 Å². The minimum Gasteiger partial charge on any atom is -0.324 e. The number of hydrogen-bond donors (Lipinski definition) is 1. The van der Waals surface area contributed by atoms with Crippen molar-refractivity contribution in [2.24, 2.45) is 5.73 Å². The molecular formula is C14H28N2S. The molecule has 17 heavy (non-hydrogen) atoms. The number of hydrogen-bond acceptors (Lipinski definition) is 3. The molecule has 2 rings (SSSR count). The van der Waals surface area contributed by atoms with E-state index in [9.17, 15) is 0 Å². The molecular weight excluding hydrogens is 228 g/mol. The highest BCUT2D eigenvalue weighted by molar-refractivity contribution is 8.00. The van der Waals surface area contributed by atoms with E-state index in [1.807, 2.05) is 0 Å². The topological polar surface area (TPSA) is 29.3 Å². The Hall–Kier alpha value is 0.270. The van der Waals surface area contributed by atoms with Gasteiger partial charge in [-0.3, -0.25) is 0 Å². The first-order valence-electron chi connectivity index (χ1n) is 7.14. The van der Waals surface area contributed by atoms with Crippen molar-refractivity contribution < 1.29 is 0 Å². The van der Waals surface area contributed by atoms with Crippen molar-refractivity contribution in [1.82, 2.24) is 4.90 Å². The first-order chi connectivity index (χ1) is 7.99. The Bertz CT molecular complexity index is 247. The molecule has 2 aliphatic rings. The van der Waals surface area contributed by atoms with Crippen LogP contribution in [0.15, 0.2) is 0 Å². The Labute approximate surface area is 111 Å². The molecule has 0 amide bonds. The predicted octanol–water partition coefficient (Wildman–Crippen LogP) is 2.87. The summed E-state index contributed by atoms with van der Waals surface area (Å²) in [5, 5.41) is 0. The fourth-order valence-electron chi connectivity index (χ4n) is 3.08. The van der Waals surface area contributed by atoms with Crippen molar-refractivity contribution in [2.75, 3.05) is 25.4 Å². The van der Waals surface area contributed by atoms with Gasteiger partial charge in [0.05, 0.1) is 0 Å². The Kier molecular flexibility index (Phi) is 4.43. The van der Waals surface area contributed by atoms with Crippen LogP contribution in [0.25, 0.3) is 0 Å². The zero-order chi connectivity index (χ0) is 12.4. The van der Waals surface area contributed by atoms with E-state index in [0.29, 0.717) is 4.75 Å².